The summed E-state index contributed by atoms with van der Waals surface area (Å²) in [6.07, 6.45) is 2.84. The molecule has 0 saturated carbocycles. The van der Waals surface area contributed by atoms with Crippen molar-refractivity contribution >= 4 is 33.7 Å². The molecule has 3 heterocycles. The van der Waals surface area contributed by atoms with E-state index in [9.17, 15) is 17.1 Å². The van der Waals surface area contributed by atoms with Crippen molar-refractivity contribution in [3.8, 4) is 0 Å². The first-order chi connectivity index (χ1) is 10.8. The zero-order chi connectivity index (χ0) is 16.6. The van der Waals surface area contributed by atoms with Gasteiger partial charge in [0.2, 0.25) is 11.9 Å². The topological polar surface area (TPSA) is 109 Å². The van der Waals surface area contributed by atoms with Gasteiger partial charge in [-0.2, -0.15) is 18.4 Å². The molecule has 0 radical (unpaired) electrons. The Morgan fingerprint density at radius 1 is 1.22 bits per heavy atom. The zero-order valence-electron chi connectivity index (χ0n) is 12.5. The molecule has 0 bridgehead atoms. The Bertz CT molecular complexity index is 720. The minimum absolute atomic E-state index is 0.0294. The second kappa shape index (κ2) is 5.91. The van der Waals surface area contributed by atoms with Crippen LogP contribution in [0.4, 0.5) is 21.5 Å². The third-order valence-corrected chi connectivity index (χ3v) is 5.24. The molecule has 8 nitrogen and oxygen atoms in total. The Balaban J connectivity index is 1.88. The van der Waals surface area contributed by atoms with Gasteiger partial charge in [-0.1, -0.05) is 0 Å². The number of hydrogen-bond donors (Lipinski definition) is 1. The van der Waals surface area contributed by atoms with Gasteiger partial charge in [-0.25, -0.2) is 0 Å². The fourth-order valence-electron chi connectivity index (χ4n) is 2.90. The fraction of sp³-hybridized carbons (Fsp3) is 0.615. The molecule has 0 aromatic carbocycles. The summed E-state index contributed by atoms with van der Waals surface area (Å²) in [5, 5.41) is -1.38. The predicted octanol–water partition coefficient (Wildman–Crippen LogP) is 0.454. The number of anilines is 3. The van der Waals surface area contributed by atoms with E-state index in [1.807, 2.05) is 0 Å². The maximum Gasteiger partial charge on any atom is 0.307 e. The molecule has 2 saturated heterocycles. The second-order valence-corrected chi connectivity index (χ2v) is 7.42. The Morgan fingerprint density at radius 2 is 1.91 bits per heavy atom. The predicted molar refractivity (Wildman–Crippen MR) is 83.3 cm³/mol. The lowest BCUT2D eigenvalue weighted by Crippen LogP contribution is -2.32. The van der Waals surface area contributed by atoms with E-state index in [1.165, 1.54) is 0 Å². The molecule has 2 aliphatic rings. The molecule has 1 aromatic rings. The number of nitrogens with zero attached hydrogens (tertiary/aromatic N) is 4. The lowest BCUT2D eigenvalue weighted by molar-refractivity contribution is -0.117. The normalized spacial score (nSPS) is 22.7. The van der Waals surface area contributed by atoms with E-state index in [4.69, 9.17) is 5.73 Å². The molecule has 1 aromatic heterocycles. The van der Waals surface area contributed by atoms with E-state index in [0.717, 1.165) is 37.3 Å². The molecule has 1 unspecified atom stereocenters. The molecule has 3 rings (SSSR count). The number of nitrogens with two attached hydrogens (primary N) is 1. The number of carbonyl (C=O) groups is 1. The van der Waals surface area contributed by atoms with E-state index in [1.54, 1.807) is 6.07 Å². The molecule has 10 heteroatoms. The van der Waals surface area contributed by atoms with Crippen LogP contribution in [0.25, 0.3) is 0 Å². The number of hydrogen-bond acceptors (Lipinski definition) is 7. The average molecular weight is 343 g/mol. The molecular weight excluding hydrogens is 325 g/mol. The summed E-state index contributed by atoms with van der Waals surface area (Å²) in [5.41, 5.74) is 5.79. The van der Waals surface area contributed by atoms with E-state index < -0.39 is 27.8 Å². The summed E-state index contributed by atoms with van der Waals surface area (Å²) in [4.78, 5) is 23.5. The molecule has 2 fully saturated rings. The Kier molecular flexibility index (Phi) is 4.09. The van der Waals surface area contributed by atoms with Gasteiger partial charge in [0, 0.05) is 32.1 Å². The molecule has 2 N–H and O–H groups in total. The van der Waals surface area contributed by atoms with E-state index in [0.29, 0.717) is 5.82 Å². The summed E-state index contributed by atoms with van der Waals surface area (Å²) in [6, 6.07) is 1.62. The molecule has 2 aliphatic heterocycles. The van der Waals surface area contributed by atoms with E-state index in [-0.39, 0.29) is 18.3 Å². The van der Waals surface area contributed by atoms with Gasteiger partial charge in [0.05, 0.1) is 0 Å². The van der Waals surface area contributed by atoms with Gasteiger partial charge in [-0.05, 0) is 19.3 Å². The number of aromatic nitrogens is 2. The van der Waals surface area contributed by atoms with Crippen LogP contribution in [0, 0.1) is 0 Å². The van der Waals surface area contributed by atoms with Crippen LogP contribution >= 0.6 is 0 Å². The van der Waals surface area contributed by atoms with Crippen LogP contribution in [0.3, 0.4) is 0 Å². The van der Waals surface area contributed by atoms with Gasteiger partial charge in [0.15, 0.2) is 0 Å². The highest BCUT2D eigenvalue weighted by molar-refractivity contribution is 7.87. The number of amides is 1. The molecule has 23 heavy (non-hydrogen) atoms. The number of nitrogen functional groups attached to an aromatic ring is 1. The molecule has 126 valence electrons. The van der Waals surface area contributed by atoms with Crippen LogP contribution < -0.4 is 15.5 Å². The van der Waals surface area contributed by atoms with Crippen molar-refractivity contribution in [2.24, 2.45) is 0 Å². The Hall–Kier alpha value is -1.97. The molecular formula is C13H18FN5O3S. The third-order valence-electron chi connectivity index (χ3n) is 4.13. The van der Waals surface area contributed by atoms with Gasteiger partial charge >= 0.3 is 10.2 Å². The van der Waals surface area contributed by atoms with E-state index >= 15 is 0 Å². The largest absolute Gasteiger partial charge is 0.383 e. The Labute approximate surface area is 133 Å². The first-order valence-corrected chi connectivity index (χ1v) is 8.92. The number of rotatable bonds is 3. The number of piperidine rings is 1. The standard InChI is InChI=1S/C13H18FN5O3S/c14-23(21,22)9-6-12(20)19(8-9)13-16-10(15)7-11(17-13)18-4-2-1-3-5-18/h7,9H,1-6,8H2,(H2,15,16,17). The molecule has 0 spiro atoms. The van der Waals surface area contributed by atoms with Crippen LogP contribution in [0.1, 0.15) is 25.7 Å². The zero-order valence-corrected chi connectivity index (χ0v) is 13.3. The van der Waals surface area contributed by atoms with Crippen LogP contribution in [0.2, 0.25) is 0 Å². The summed E-state index contributed by atoms with van der Waals surface area (Å²) in [7, 11) is -4.78. The second-order valence-electron chi connectivity index (χ2n) is 5.80. The minimum atomic E-state index is -4.78. The maximum absolute atomic E-state index is 13.1. The maximum atomic E-state index is 13.1. The van der Waals surface area contributed by atoms with Gasteiger partial charge in [-0.3, -0.25) is 9.69 Å². The SMILES string of the molecule is Nc1cc(N2CCCCC2)nc(N2CC(S(=O)(=O)F)CC2=O)n1. The highest BCUT2D eigenvalue weighted by Gasteiger charge is 2.40. The monoisotopic (exact) mass is 343 g/mol. The van der Waals surface area contributed by atoms with Crippen molar-refractivity contribution in [3.63, 3.8) is 0 Å². The van der Waals surface area contributed by atoms with Gasteiger partial charge in [-0.15, -0.1) is 3.89 Å². The average Bonchev–Trinajstić information content (AvgIpc) is 2.90. The van der Waals surface area contributed by atoms with Crippen molar-refractivity contribution in [1.29, 1.82) is 0 Å². The van der Waals surface area contributed by atoms with Gasteiger partial charge < -0.3 is 10.6 Å². The number of carbonyl (C=O) groups excluding carboxylic acids is 1. The van der Waals surface area contributed by atoms with Crippen molar-refractivity contribution < 1.29 is 17.1 Å². The summed E-state index contributed by atoms with van der Waals surface area (Å²) in [6.45, 7) is 1.39. The van der Waals surface area contributed by atoms with Crippen LogP contribution in [-0.4, -0.2) is 49.2 Å². The van der Waals surface area contributed by atoms with E-state index in [2.05, 4.69) is 14.9 Å². The lowest BCUT2D eigenvalue weighted by atomic mass is 10.1. The highest BCUT2D eigenvalue weighted by atomic mass is 32.3. The quantitative estimate of drug-likeness (QED) is 0.794. The minimum Gasteiger partial charge on any atom is -0.383 e. The van der Waals surface area contributed by atoms with Crippen molar-refractivity contribution in [2.75, 3.05) is 35.2 Å². The van der Waals surface area contributed by atoms with Gasteiger partial charge in [0.25, 0.3) is 0 Å². The smallest absolute Gasteiger partial charge is 0.307 e. The van der Waals surface area contributed by atoms with Gasteiger partial charge in [0.1, 0.15) is 16.9 Å². The van der Waals surface area contributed by atoms with Crippen molar-refractivity contribution in [2.45, 2.75) is 30.9 Å². The third kappa shape index (κ3) is 3.36. The summed E-state index contributed by atoms with van der Waals surface area (Å²) < 4.78 is 35.2. The molecule has 0 aliphatic carbocycles. The van der Waals surface area contributed by atoms with Crippen LogP contribution in [0.5, 0.6) is 0 Å². The van der Waals surface area contributed by atoms with Crippen molar-refractivity contribution in [3.05, 3.63) is 6.07 Å². The first-order valence-electron chi connectivity index (χ1n) is 7.48. The van der Waals surface area contributed by atoms with Crippen LogP contribution in [-0.2, 0) is 15.0 Å². The number of halogens is 1. The highest BCUT2D eigenvalue weighted by Crippen LogP contribution is 2.27. The summed E-state index contributed by atoms with van der Waals surface area (Å²) in [5.74, 6) is 0.301. The first kappa shape index (κ1) is 15.9. The van der Waals surface area contributed by atoms with Crippen LogP contribution in [0.15, 0.2) is 6.07 Å². The van der Waals surface area contributed by atoms with Crippen molar-refractivity contribution in [1.82, 2.24) is 9.97 Å². The summed E-state index contributed by atoms with van der Waals surface area (Å²) >= 11 is 0. The lowest BCUT2D eigenvalue weighted by Gasteiger charge is -2.28. The molecule has 1 amide bonds. The molecule has 1 atom stereocenters. The fourth-order valence-corrected chi connectivity index (χ4v) is 3.57. The Morgan fingerprint density at radius 3 is 2.52 bits per heavy atom.